The normalized spacial score (nSPS) is 10.6. The SMILES string of the molecule is CCCCC(=O)Nc1ccc(-c2csc(N(CC)CC)n2)cc1. The molecule has 1 heterocycles. The van der Waals surface area contributed by atoms with Crippen molar-refractivity contribution in [1.82, 2.24) is 4.98 Å². The highest BCUT2D eigenvalue weighted by molar-refractivity contribution is 7.14. The van der Waals surface area contributed by atoms with Crippen LogP contribution in [0.25, 0.3) is 11.3 Å². The van der Waals surface area contributed by atoms with Crippen molar-refractivity contribution in [3.63, 3.8) is 0 Å². The van der Waals surface area contributed by atoms with Crippen molar-refractivity contribution >= 4 is 28.1 Å². The summed E-state index contributed by atoms with van der Waals surface area (Å²) in [5.74, 6) is 0.0806. The number of amides is 1. The molecule has 0 aliphatic carbocycles. The summed E-state index contributed by atoms with van der Waals surface area (Å²) in [6, 6.07) is 7.90. The Bertz CT molecular complexity index is 617. The van der Waals surface area contributed by atoms with Crippen LogP contribution in [0.2, 0.25) is 0 Å². The lowest BCUT2D eigenvalue weighted by Gasteiger charge is -2.16. The number of anilines is 2. The van der Waals surface area contributed by atoms with Crippen LogP contribution in [0.4, 0.5) is 10.8 Å². The van der Waals surface area contributed by atoms with Crippen LogP contribution in [0.3, 0.4) is 0 Å². The van der Waals surface area contributed by atoms with E-state index in [1.165, 1.54) is 0 Å². The molecule has 4 nitrogen and oxygen atoms in total. The van der Waals surface area contributed by atoms with Gasteiger partial charge in [0.1, 0.15) is 0 Å². The van der Waals surface area contributed by atoms with E-state index in [1.807, 2.05) is 24.3 Å². The van der Waals surface area contributed by atoms with E-state index in [4.69, 9.17) is 4.98 Å². The number of rotatable bonds is 8. The summed E-state index contributed by atoms with van der Waals surface area (Å²) >= 11 is 1.67. The summed E-state index contributed by atoms with van der Waals surface area (Å²) in [5, 5.41) is 6.08. The molecule has 0 saturated carbocycles. The minimum Gasteiger partial charge on any atom is -0.349 e. The lowest BCUT2D eigenvalue weighted by molar-refractivity contribution is -0.116. The summed E-state index contributed by atoms with van der Waals surface area (Å²) in [6.07, 6.45) is 2.54. The van der Waals surface area contributed by atoms with Gasteiger partial charge < -0.3 is 10.2 Å². The molecule has 1 amide bonds. The van der Waals surface area contributed by atoms with E-state index in [9.17, 15) is 4.79 Å². The number of benzene rings is 1. The predicted molar refractivity (Wildman–Crippen MR) is 99.3 cm³/mol. The first-order chi connectivity index (χ1) is 11.2. The number of nitrogens with zero attached hydrogens (tertiary/aromatic N) is 2. The van der Waals surface area contributed by atoms with Crippen molar-refractivity contribution in [2.24, 2.45) is 0 Å². The average Bonchev–Trinajstić information content (AvgIpc) is 3.04. The Morgan fingerprint density at radius 2 is 1.87 bits per heavy atom. The van der Waals surface area contributed by atoms with Crippen LogP contribution in [0.15, 0.2) is 29.6 Å². The second-order valence-corrected chi connectivity index (χ2v) is 6.25. The molecule has 0 bridgehead atoms. The van der Waals surface area contributed by atoms with Gasteiger partial charge in [0, 0.05) is 36.1 Å². The van der Waals surface area contributed by atoms with Gasteiger partial charge in [-0.3, -0.25) is 4.79 Å². The molecule has 0 atom stereocenters. The highest BCUT2D eigenvalue weighted by atomic mass is 32.1. The molecule has 5 heteroatoms. The van der Waals surface area contributed by atoms with Gasteiger partial charge >= 0.3 is 0 Å². The minimum absolute atomic E-state index is 0.0806. The molecular weight excluding hydrogens is 306 g/mol. The van der Waals surface area contributed by atoms with Crippen LogP contribution in [0.5, 0.6) is 0 Å². The van der Waals surface area contributed by atoms with E-state index in [0.29, 0.717) is 6.42 Å². The highest BCUT2D eigenvalue weighted by Gasteiger charge is 2.09. The van der Waals surface area contributed by atoms with Crippen molar-refractivity contribution in [2.75, 3.05) is 23.3 Å². The van der Waals surface area contributed by atoms with E-state index >= 15 is 0 Å². The fraction of sp³-hybridized carbons (Fsp3) is 0.444. The smallest absolute Gasteiger partial charge is 0.224 e. The Morgan fingerprint density at radius 3 is 2.48 bits per heavy atom. The third kappa shape index (κ3) is 4.79. The van der Waals surface area contributed by atoms with Crippen LogP contribution in [0.1, 0.15) is 40.0 Å². The van der Waals surface area contributed by atoms with Gasteiger partial charge in [-0.15, -0.1) is 11.3 Å². The first-order valence-corrected chi connectivity index (χ1v) is 9.16. The second kappa shape index (κ2) is 8.67. The van der Waals surface area contributed by atoms with Crippen molar-refractivity contribution < 1.29 is 4.79 Å². The Kier molecular flexibility index (Phi) is 6.59. The number of thiazole rings is 1. The van der Waals surface area contributed by atoms with E-state index in [0.717, 1.165) is 48.0 Å². The van der Waals surface area contributed by atoms with Crippen LogP contribution in [-0.4, -0.2) is 24.0 Å². The monoisotopic (exact) mass is 331 g/mol. The number of aromatic nitrogens is 1. The average molecular weight is 331 g/mol. The first kappa shape index (κ1) is 17.5. The Hall–Kier alpha value is -1.88. The van der Waals surface area contributed by atoms with Gasteiger partial charge in [0.15, 0.2) is 5.13 Å². The maximum absolute atomic E-state index is 11.7. The van der Waals surface area contributed by atoms with Gasteiger partial charge in [0.25, 0.3) is 0 Å². The molecule has 0 radical (unpaired) electrons. The largest absolute Gasteiger partial charge is 0.349 e. The van der Waals surface area contributed by atoms with E-state index in [-0.39, 0.29) is 5.91 Å². The molecule has 0 fully saturated rings. The van der Waals surface area contributed by atoms with E-state index < -0.39 is 0 Å². The minimum atomic E-state index is 0.0806. The molecular formula is C18H25N3OS. The van der Waals surface area contributed by atoms with Crippen LogP contribution >= 0.6 is 11.3 Å². The predicted octanol–water partition coefficient (Wildman–Crippen LogP) is 4.79. The standard InChI is InChI=1S/C18H25N3OS/c1-4-7-8-17(22)19-15-11-9-14(10-12-15)16-13-23-18(20-16)21(5-2)6-3/h9-13H,4-8H2,1-3H3,(H,19,22). The zero-order valence-electron chi connectivity index (χ0n) is 14.1. The van der Waals surface area contributed by atoms with Crippen LogP contribution < -0.4 is 10.2 Å². The van der Waals surface area contributed by atoms with Crippen molar-refractivity contribution in [2.45, 2.75) is 40.0 Å². The third-order valence-corrected chi connectivity index (χ3v) is 4.65. The lowest BCUT2D eigenvalue weighted by atomic mass is 10.1. The number of hydrogen-bond acceptors (Lipinski definition) is 4. The number of carbonyl (C=O) groups is 1. The second-order valence-electron chi connectivity index (χ2n) is 5.42. The fourth-order valence-electron chi connectivity index (χ4n) is 2.32. The van der Waals surface area contributed by atoms with Gasteiger partial charge in [0.05, 0.1) is 5.69 Å². The highest BCUT2D eigenvalue weighted by Crippen LogP contribution is 2.28. The molecule has 0 unspecified atom stereocenters. The maximum atomic E-state index is 11.7. The molecule has 2 rings (SSSR count). The van der Waals surface area contributed by atoms with Crippen molar-refractivity contribution in [3.05, 3.63) is 29.6 Å². The van der Waals surface area contributed by atoms with Gasteiger partial charge in [-0.05, 0) is 32.4 Å². The first-order valence-electron chi connectivity index (χ1n) is 8.28. The van der Waals surface area contributed by atoms with Gasteiger partial charge in [-0.2, -0.15) is 0 Å². The number of nitrogens with one attached hydrogen (secondary N) is 1. The molecule has 2 aromatic rings. The molecule has 0 aliphatic rings. The summed E-state index contributed by atoms with van der Waals surface area (Å²) in [6.45, 7) is 8.29. The molecule has 0 spiro atoms. The van der Waals surface area contributed by atoms with Gasteiger partial charge in [-0.1, -0.05) is 25.5 Å². The number of hydrogen-bond donors (Lipinski definition) is 1. The summed E-state index contributed by atoms with van der Waals surface area (Å²) in [4.78, 5) is 18.7. The number of unbranched alkanes of at least 4 members (excludes halogenated alkanes) is 1. The summed E-state index contributed by atoms with van der Waals surface area (Å²) < 4.78 is 0. The molecule has 1 aromatic carbocycles. The van der Waals surface area contributed by atoms with Gasteiger partial charge in [-0.25, -0.2) is 4.98 Å². The van der Waals surface area contributed by atoms with Crippen molar-refractivity contribution in [1.29, 1.82) is 0 Å². The zero-order chi connectivity index (χ0) is 16.7. The van der Waals surface area contributed by atoms with Crippen LogP contribution in [0, 0.1) is 0 Å². The quantitative estimate of drug-likeness (QED) is 0.757. The van der Waals surface area contributed by atoms with E-state index in [1.54, 1.807) is 11.3 Å². The number of carbonyl (C=O) groups excluding carboxylic acids is 1. The fourth-order valence-corrected chi connectivity index (χ4v) is 3.29. The molecule has 124 valence electrons. The lowest BCUT2D eigenvalue weighted by Crippen LogP contribution is -2.21. The Morgan fingerprint density at radius 1 is 1.17 bits per heavy atom. The third-order valence-electron chi connectivity index (χ3n) is 3.75. The Labute approximate surface area is 142 Å². The maximum Gasteiger partial charge on any atom is 0.224 e. The summed E-state index contributed by atoms with van der Waals surface area (Å²) in [5.41, 5.74) is 2.90. The molecule has 23 heavy (non-hydrogen) atoms. The zero-order valence-corrected chi connectivity index (χ0v) is 14.9. The van der Waals surface area contributed by atoms with Crippen molar-refractivity contribution in [3.8, 4) is 11.3 Å². The summed E-state index contributed by atoms with van der Waals surface area (Å²) in [7, 11) is 0. The van der Waals surface area contributed by atoms with E-state index in [2.05, 4.69) is 36.4 Å². The molecule has 0 aliphatic heterocycles. The Balaban J connectivity index is 2.03. The molecule has 0 saturated heterocycles. The van der Waals surface area contributed by atoms with Gasteiger partial charge in [0.2, 0.25) is 5.91 Å². The molecule has 1 N–H and O–H groups in total. The topological polar surface area (TPSA) is 45.2 Å². The molecule has 1 aromatic heterocycles. The van der Waals surface area contributed by atoms with Crippen LogP contribution in [-0.2, 0) is 4.79 Å².